The van der Waals surface area contributed by atoms with Crippen LogP contribution < -0.4 is 4.90 Å². The molecule has 1 heteroatoms. The molecule has 0 saturated heterocycles. The zero-order valence-electron chi connectivity index (χ0n) is 12.6. The van der Waals surface area contributed by atoms with Crippen molar-refractivity contribution in [3.63, 3.8) is 0 Å². The molecular weight excluding hydrogens is 242 g/mol. The number of benzene rings is 2. The Morgan fingerprint density at radius 3 is 2.30 bits per heavy atom. The first kappa shape index (κ1) is 13.2. The van der Waals surface area contributed by atoms with Crippen molar-refractivity contribution in [2.45, 2.75) is 45.2 Å². The molecule has 1 unspecified atom stereocenters. The molecule has 1 heterocycles. The van der Waals surface area contributed by atoms with Crippen molar-refractivity contribution in [1.82, 2.24) is 0 Å². The zero-order valence-corrected chi connectivity index (χ0v) is 12.6. The van der Waals surface area contributed by atoms with E-state index >= 15 is 0 Å². The lowest BCUT2D eigenvalue weighted by molar-refractivity contribution is 0.450. The van der Waals surface area contributed by atoms with Crippen molar-refractivity contribution in [3.05, 3.63) is 65.7 Å². The average molecular weight is 265 g/mol. The number of anilines is 1. The molecule has 0 amide bonds. The van der Waals surface area contributed by atoms with Gasteiger partial charge in [-0.1, -0.05) is 48.5 Å². The van der Waals surface area contributed by atoms with E-state index < -0.39 is 0 Å². The second-order valence-electron chi connectivity index (χ2n) is 6.72. The Morgan fingerprint density at radius 1 is 0.950 bits per heavy atom. The predicted octanol–water partition coefficient (Wildman–Crippen LogP) is 4.46. The number of rotatable bonds is 2. The monoisotopic (exact) mass is 265 g/mol. The fourth-order valence-corrected chi connectivity index (χ4v) is 3.42. The zero-order chi connectivity index (χ0) is 14.2. The highest BCUT2D eigenvalue weighted by Crippen LogP contribution is 2.38. The van der Waals surface area contributed by atoms with E-state index in [0.717, 1.165) is 12.8 Å². The van der Waals surface area contributed by atoms with E-state index in [-0.39, 0.29) is 5.54 Å². The molecule has 2 aromatic carbocycles. The maximum absolute atomic E-state index is 2.61. The summed E-state index contributed by atoms with van der Waals surface area (Å²) in [7, 11) is 0. The molecular formula is C19H23N. The lowest BCUT2D eigenvalue weighted by atomic mass is 9.98. The first-order chi connectivity index (χ1) is 9.55. The molecule has 1 aliphatic heterocycles. The third-order valence-corrected chi connectivity index (χ3v) is 4.11. The normalized spacial score (nSPS) is 18.1. The molecule has 0 aliphatic carbocycles. The Bertz CT molecular complexity index is 580. The van der Waals surface area contributed by atoms with E-state index in [0.29, 0.717) is 6.04 Å². The highest BCUT2D eigenvalue weighted by atomic mass is 15.2. The van der Waals surface area contributed by atoms with Gasteiger partial charge in [-0.25, -0.2) is 0 Å². The third-order valence-electron chi connectivity index (χ3n) is 4.11. The molecule has 104 valence electrons. The highest BCUT2D eigenvalue weighted by molar-refractivity contribution is 5.61. The van der Waals surface area contributed by atoms with Gasteiger partial charge < -0.3 is 4.90 Å². The predicted molar refractivity (Wildman–Crippen MR) is 86.3 cm³/mol. The third kappa shape index (κ3) is 2.45. The summed E-state index contributed by atoms with van der Waals surface area (Å²) in [5.41, 5.74) is 4.50. The molecule has 0 spiro atoms. The van der Waals surface area contributed by atoms with E-state index in [9.17, 15) is 0 Å². The summed E-state index contributed by atoms with van der Waals surface area (Å²) in [6, 6.07) is 20.3. The first-order valence-corrected chi connectivity index (χ1v) is 7.47. The molecule has 0 aromatic heterocycles. The van der Waals surface area contributed by atoms with Gasteiger partial charge in [0.15, 0.2) is 0 Å². The summed E-state index contributed by atoms with van der Waals surface area (Å²) in [6.07, 6.45) is 2.27. The van der Waals surface area contributed by atoms with Gasteiger partial charge in [0.2, 0.25) is 0 Å². The van der Waals surface area contributed by atoms with Crippen LogP contribution in [0.2, 0.25) is 0 Å². The summed E-state index contributed by atoms with van der Waals surface area (Å²) in [6.45, 7) is 6.94. The highest BCUT2D eigenvalue weighted by Gasteiger charge is 2.35. The molecule has 1 nitrogen and oxygen atoms in total. The molecule has 0 N–H and O–H groups in total. The van der Waals surface area contributed by atoms with Crippen molar-refractivity contribution in [1.29, 1.82) is 0 Å². The van der Waals surface area contributed by atoms with Gasteiger partial charge in [-0.15, -0.1) is 0 Å². The van der Waals surface area contributed by atoms with Gasteiger partial charge in [-0.05, 0) is 50.8 Å². The molecule has 1 atom stereocenters. The van der Waals surface area contributed by atoms with Gasteiger partial charge in [-0.2, -0.15) is 0 Å². The van der Waals surface area contributed by atoms with Crippen LogP contribution in [-0.4, -0.2) is 11.6 Å². The summed E-state index contributed by atoms with van der Waals surface area (Å²) in [5.74, 6) is 0. The average Bonchev–Trinajstić information content (AvgIpc) is 2.77. The Hall–Kier alpha value is -1.76. The van der Waals surface area contributed by atoms with E-state index in [2.05, 4.69) is 80.3 Å². The number of hydrogen-bond donors (Lipinski definition) is 0. The van der Waals surface area contributed by atoms with Gasteiger partial charge in [0.1, 0.15) is 0 Å². The van der Waals surface area contributed by atoms with Gasteiger partial charge >= 0.3 is 0 Å². The number of nitrogens with zero attached hydrogens (tertiary/aromatic N) is 1. The summed E-state index contributed by atoms with van der Waals surface area (Å²) < 4.78 is 0. The fourth-order valence-electron chi connectivity index (χ4n) is 3.42. The Kier molecular flexibility index (Phi) is 3.29. The van der Waals surface area contributed by atoms with Crippen LogP contribution in [0.25, 0.3) is 0 Å². The molecule has 2 aromatic rings. The van der Waals surface area contributed by atoms with Crippen molar-refractivity contribution >= 4 is 5.69 Å². The standard InChI is InChI=1S/C19H23N/c1-19(2,3)20-17(13-15-9-5-4-6-10-15)14-16-11-7-8-12-18(16)20/h4-12,17H,13-14H2,1-3H3. The largest absolute Gasteiger partial charge is 0.363 e. The maximum atomic E-state index is 2.61. The first-order valence-electron chi connectivity index (χ1n) is 7.47. The number of hydrogen-bond acceptors (Lipinski definition) is 1. The van der Waals surface area contributed by atoms with E-state index in [1.54, 1.807) is 0 Å². The topological polar surface area (TPSA) is 3.24 Å². The SMILES string of the molecule is CC(C)(C)N1c2ccccc2CC1Cc1ccccc1. The van der Waals surface area contributed by atoms with E-state index in [4.69, 9.17) is 0 Å². The van der Waals surface area contributed by atoms with Crippen molar-refractivity contribution in [2.24, 2.45) is 0 Å². The Labute approximate surface area is 122 Å². The molecule has 3 rings (SSSR count). The van der Waals surface area contributed by atoms with Gasteiger partial charge in [-0.3, -0.25) is 0 Å². The lowest BCUT2D eigenvalue weighted by Gasteiger charge is -2.40. The minimum absolute atomic E-state index is 0.159. The molecule has 0 saturated carbocycles. The Balaban J connectivity index is 1.92. The van der Waals surface area contributed by atoms with Gasteiger partial charge in [0.25, 0.3) is 0 Å². The second kappa shape index (κ2) is 4.97. The van der Waals surface area contributed by atoms with Crippen LogP contribution in [0.3, 0.4) is 0 Å². The number of para-hydroxylation sites is 1. The van der Waals surface area contributed by atoms with Crippen LogP contribution in [-0.2, 0) is 12.8 Å². The smallest absolute Gasteiger partial charge is 0.0406 e. The minimum atomic E-state index is 0.159. The van der Waals surface area contributed by atoms with Gasteiger partial charge in [0, 0.05) is 17.3 Å². The minimum Gasteiger partial charge on any atom is -0.363 e. The van der Waals surface area contributed by atoms with E-state index in [1.807, 2.05) is 0 Å². The van der Waals surface area contributed by atoms with E-state index in [1.165, 1.54) is 16.8 Å². The Morgan fingerprint density at radius 2 is 1.60 bits per heavy atom. The van der Waals surface area contributed by atoms with Crippen molar-refractivity contribution in [3.8, 4) is 0 Å². The van der Waals surface area contributed by atoms with Crippen LogP contribution in [0.5, 0.6) is 0 Å². The molecule has 0 bridgehead atoms. The molecule has 0 radical (unpaired) electrons. The molecule has 1 aliphatic rings. The molecule has 20 heavy (non-hydrogen) atoms. The summed E-state index contributed by atoms with van der Waals surface area (Å²) in [4.78, 5) is 2.61. The maximum Gasteiger partial charge on any atom is 0.0406 e. The van der Waals surface area contributed by atoms with Crippen LogP contribution in [0.15, 0.2) is 54.6 Å². The van der Waals surface area contributed by atoms with Crippen LogP contribution in [0.4, 0.5) is 5.69 Å². The summed E-state index contributed by atoms with van der Waals surface area (Å²) >= 11 is 0. The van der Waals surface area contributed by atoms with Crippen molar-refractivity contribution in [2.75, 3.05) is 4.90 Å². The fraction of sp³-hybridized carbons (Fsp3) is 0.368. The van der Waals surface area contributed by atoms with Gasteiger partial charge in [0.05, 0.1) is 0 Å². The van der Waals surface area contributed by atoms with Crippen LogP contribution in [0.1, 0.15) is 31.9 Å². The molecule has 0 fully saturated rings. The second-order valence-corrected chi connectivity index (χ2v) is 6.72. The summed E-state index contributed by atoms with van der Waals surface area (Å²) in [5, 5.41) is 0. The number of fused-ring (bicyclic) bond motifs is 1. The quantitative estimate of drug-likeness (QED) is 0.775. The van der Waals surface area contributed by atoms with Crippen LogP contribution >= 0.6 is 0 Å². The van der Waals surface area contributed by atoms with Crippen molar-refractivity contribution < 1.29 is 0 Å². The van der Waals surface area contributed by atoms with Crippen LogP contribution in [0, 0.1) is 0 Å². The lowest BCUT2D eigenvalue weighted by Crippen LogP contribution is -2.47.